The number of imidazole rings is 1. The van der Waals surface area contributed by atoms with Crippen molar-refractivity contribution in [3.63, 3.8) is 0 Å². The molecule has 2 heterocycles. The Morgan fingerprint density at radius 3 is 2.84 bits per heavy atom. The fourth-order valence-electron chi connectivity index (χ4n) is 1.79. The van der Waals surface area contributed by atoms with Gasteiger partial charge in [-0.05, 0) is 13.3 Å². The van der Waals surface area contributed by atoms with Crippen molar-refractivity contribution < 1.29 is 14.3 Å². The van der Waals surface area contributed by atoms with Crippen LogP contribution < -0.4 is 5.69 Å². The minimum atomic E-state index is -0.321. The fourth-order valence-corrected chi connectivity index (χ4v) is 2.71. The summed E-state index contributed by atoms with van der Waals surface area (Å²) in [6.45, 7) is 2.09. The number of fused-ring (bicyclic) bond motifs is 1. The molecule has 0 bridgehead atoms. The van der Waals surface area contributed by atoms with Gasteiger partial charge in [-0.3, -0.25) is 9.59 Å². The van der Waals surface area contributed by atoms with Crippen molar-refractivity contribution in [3.8, 4) is 0 Å². The van der Waals surface area contributed by atoms with Crippen LogP contribution in [0.1, 0.15) is 35.9 Å². The molecule has 0 spiro atoms. The summed E-state index contributed by atoms with van der Waals surface area (Å²) in [6.07, 6.45) is 0.950. The van der Waals surface area contributed by atoms with Crippen molar-refractivity contribution >= 4 is 34.1 Å². The zero-order valence-corrected chi connectivity index (χ0v) is 11.3. The van der Waals surface area contributed by atoms with Crippen LogP contribution in [-0.2, 0) is 9.53 Å². The molecule has 102 valence electrons. The molecule has 0 fully saturated rings. The van der Waals surface area contributed by atoms with Crippen molar-refractivity contribution in [2.24, 2.45) is 0 Å². The number of esters is 1. The largest absolute Gasteiger partial charge is 0.466 e. The summed E-state index contributed by atoms with van der Waals surface area (Å²) in [6, 6.07) is 0. The second-order valence-electron chi connectivity index (χ2n) is 4.01. The highest BCUT2D eigenvalue weighted by atomic mass is 32.1. The SMILES string of the molecule is CCOC(=O)CCCC(=O)c1scc2[nH]c(=O)[nH]c12. The van der Waals surface area contributed by atoms with Crippen LogP contribution in [0.15, 0.2) is 10.2 Å². The molecule has 2 rings (SSSR count). The molecule has 0 aromatic carbocycles. The highest BCUT2D eigenvalue weighted by molar-refractivity contribution is 7.13. The quantitative estimate of drug-likeness (QED) is 0.624. The average Bonchev–Trinajstić information content (AvgIpc) is 2.87. The molecule has 2 aromatic heterocycles. The molecule has 7 heteroatoms. The molecule has 0 amide bonds. The maximum atomic E-state index is 12.0. The molecule has 6 nitrogen and oxygen atoms in total. The lowest BCUT2D eigenvalue weighted by atomic mass is 10.1. The van der Waals surface area contributed by atoms with Gasteiger partial charge in [-0.2, -0.15) is 0 Å². The van der Waals surface area contributed by atoms with Gasteiger partial charge in [0, 0.05) is 18.2 Å². The van der Waals surface area contributed by atoms with E-state index in [2.05, 4.69) is 9.97 Å². The van der Waals surface area contributed by atoms with Gasteiger partial charge < -0.3 is 14.7 Å². The minimum Gasteiger partial charge on any atom is -0.466 e. The van der Waals surface area contributed by atoms with Crippen LogP contribution in [0.3, 0.4) is 0 Å². The monoisotopic (exact) mass is 282 g/mol. The van der Waals surface area contributed by atoms with Crippen LogP contribution in [0.25, 0.3) is 11.0 Å². The highest BCUT2D eigenvalue weighted by Gasteiger charge is 2.15. The molecule has 0 atom stereocenters. The number of hydrogen-bond acceptors (Lipinski definition) is 5. The van der Waals surface area contributed by atoms with E-state index in [1.807, 2.05) is 0 Å². The smallest absolute Gasteiger partial charge is 0.323 e. The second kappa shape index (κ2) is 5.83. The maximum absolute atomic E-state index is 12.0. The van der Waals surface area contributed by atoms with Gasteiger partial charge in [0.2, 0.25) is 0 Å². The number of H-pyrrole nitrogens is 2. The van der Waals surface area contributed by atoms with Gasteiger partial charge in [-0.25, -0.2) is 4.79 Å². The van der Waals surface area contributed by atoms with Crippen LogP contribution in [0, 0.1) is 0 Å². The van der Waals surface area contributed by atoms with Crippen molar-refractivity contribution in [2.75, 3.05) is 6.61 Å². The lowest BCUT2D eigenvalue weighted by Gasteiger charge is -2.00. The van der Waals surface area contributed by atoms with Gasteiger partial charge in [-0.15, -0.1) is 11.3 Å². The van der Waals surface area contributed by atoms with Crippen molar-refractivity contribution in [3.05, 3.63) is 20.7 Å². The number of carbonyl (C=O) groups is 2. The van der Waals surface area contributed by atoms with Crippen LogP contribution in [-0.4, -0.2) is 28.3 Å². The molecule has 0 aliphatic rings. The van der Waals surface area contributed by atoms with E-state index in [4.69, 9.17) is 4.74 Å². The number of rotatable bonds is 6. The predicted molar refractivity (Wildman–Crippen MR) is 71.6 cm³/mol. The summed E-state index contributed by atoms with van der Waals surface area (Å²) in [5.74, 6) is -0.360. The van der Waals surface area contributed by atoms with Gasteiger partial charge >= 0.3 is 11.7 Å². The van der Waals surface area contributed by atoms with Gasteiger partial charge in [0.25, 0.3) is 0 Å². The van der Waals surface area contributed by atoms with Crippen LogP contribution >= 0.6 is 11.3 Å². The third kappa shape index (κ3) is 3.11. The molecular formula is C12H14N2O4S. The van der Waals surface area contributed by atoms with E-state index in [0.717, 1.165) is 0 Å². The van der Waals surface area contributed by atoms with Crippen LogP contribution in [0.4, 0.5) is 0 Å². The van der Waals surface area contributed by atoms with Gasteiger partial charge in [-0.1, -0.05) is 0 Å². The zero-order valence-electron chi connectivity index (χ0n) is 10.4. The lowest BCUT2D eigenvalue weighted by molar-refractivity contribution is -0.143. The molecule has 19 heavy (non-hydrogen) atoms. The number of nitrogens with one attached hydrogen (secondary N) is 2. The molecule has 0 radical (unpaired) electrons. The van der Waals surface area contributed by atoms with E-state index >= 15 is 0 Å². The Morgan fingerprint density at radius 2 is 2.11 bits per heavy atom. The number of ketones is 1. The summed E-state index contributed by atoms with van der Waals surface area (Å²) in [5, 5.41) is 1.73. The summed E-state index contributed by atoms with van der Waals surface area (Å²) >= 11 is 1.29. The number of aromatic nitrogens is 2. The predicted octanol–water partition coefficient (Wildman–Crippen LogP) is 1.83. The van der Waals surface area contributed by atoms with Crippen LogP contribution in [0.2, 0.25) is 0 Å². The Morgan fingerprint density at radius 1 is 1.32 bits per heavy atom. The number of carbonyl (C=O) groups excluding carboxylic acids is 2. The standard InChI is InChI=1S/C12H14N2O4S/c1-2-18-9(16)5-3-4-8(15)11-10-7(6-19-11)13-12(17)14-10/h6H,2-5H2,1H3,(H2,13,14,17). The molecule has 2 aromatic rings. The van der Waals surface area contributed by atoms with Crippen molar-refractivity contribution in [2.45, 2.75) is 26.2 Å². The fraction of sp³-hybridized carbons (Fsp3) is 0.417. The Kier molecular flexibility index (Phi) is 4.16. The normalized spacial score (nSPS) is 10.8. The lowest BCUT2D eigenvalue weighted by Crippen LogP contribution is -2.05. The Balaban J connectivity index is 1.96. The Hall–Kier alpha value is -1.89. The van der Waals surface area contributed by atoms with Gasteiger partial charge in [0.15, 0.2) is 5.78 Å². The number of Topliss-reactive ketones (excluding diaryl/α,β-unsaturated/α-hetero) is 1. The molecule has 2 N–H and O–H groups in total. The first-order valence-corrected chi connectivity index (χ1v) is 6.88. The van der Waals surface area contributed by atoms with Gasteiger partial charge in [0.05, 0.1) is 22.5 Å². The number of thiophene rings is 1. The van der Waals surface area contributed by atoms with E-state index in [1.165, 1.54) is 11.3 Å². The van der Waals surface area contributed by atoms with E-state index in [1.54, 1.807) is 12.3 Å². The Bertz CT molecular complexity index is 652. The third-order valence-electron chi connectivity index (χ3n) is 2.62. The molecule has 0 saturated heterocycles. The first kappa shape index (κ1) is 13.5. The maximum Gasteiger partial charge on any atom is 0.323 e. The minimum absolute atomic E-state index is 0.0699. The highest BCUT2D eigenvalue weighted by Crippen LogP contribution is 2.23. The van der Waals surface area contributed by atoms with E-state index < -0.39 is 0 Å². The molecule has 0 aliphatic carbocycles. The van der Waals surface area contributed by atoms with Crippen molar-refractivity contribution in [1.29, 1.82) is 0 Å². The average molecular weight is 282 g/mol. The summed E-state index contributed by atoms with van der Waals surface area (Å²) in [5.41, 5.74) is 0.873. The molecule has 0 saturated carbocycles. The van der Waals surface area contributed by atoms with E-state index in [-0.39, 0.29) is 30.3 Å². The molecule has 0 unspecified atom stereocenters. The number of aromatic amines is 2. The Labute approximate surface area is 112 Å². The molecule has 0 aliphatic heterocycles. The number of ether oxygens (including phenoxy) is 1. The summed E-state index contributed by atoms with van der Waals surface area (Å²) in [4.78, 5) is 40.0. The van der Waals surface area contributed by atoms with Crippen LogP contribution in [0.5, 0.6) is 0 Å². The van der Waals surface area contributed by atoms with Crippen molar-refractivity contribution in [1.82, 2.24) is 9.97 Å². The first-order valence-electron chi connectivity index (χ1n) is 6.00. The first-order chi connectivity index (χ1) is 9.11. The zero-order chi connectivity index (χ0) is 13.8. The number of hydrogen-bond donors (Lipinski definition) is 2. The molecular weight excluding hydrogens is 268 g/mol. The second-order valence-corrected chi connectivity index (χ2v) is 4.89. The van der Waals surface area contributed by atoms with Gasteiger partial charge in [0.1, 0.15) is 0 Å². The topological polar surface area (TPSA) is 92.0 Å². The third-order valence-corrected chi connectivity index (χ3v) is 3.64. The summed E-state index contributed by atoms with van der Waals surface area (Å²) in [7, 11) is 0. The van der Waals surface area contributed by atoms with E-state index in [0.29, 0.717) is 28.9 Å². The van der Waals surface area contributed by atoms with E-state index in [9.17, 15) is 14.4 Å². The summed E-state index contributed by atoms with van der Waals surface area (Å²) < 4.78 is 4.79.